The summed E-state index contributed by atoms with van der Waals surface area (Å²) < 4.78 is 27.4. The second-order valence-corrected chi connectivity index (χ2v) is 8.23. The van der Waals surface area contributed by atoms with Crippen LogP contribution in [0.15, 0.2) is 29.2 Å². The summed E-state index contributed by atoms with van der Waals surface area (Å²) in [6.45, 7) is 2.41. The van der Waals surface area contributed by atoms with Gasteiger partial charge in [0, 0.05) is 21.3 Å². The zero-order valence-electron chi connectivity index (χ0n) is 11.4. The molecule has 0 fully saturated rings. The zero-order valence-corrected chi connectivity index (χ0v) is 14.6. The van der Waals surface area contributed by atoms with Crippen molar-refractivity contribution in [1.29, 1.82) is 0 Å². The van der Waals surface area contributed by atoms with Crippen molar-refractivity contribution in [2.75, 3.05) is 11.8 Å². The van der Waals surface area contributed by atoms with E-state index in [2.05, 4.69) is 10.0 Å². The normalized spacial score (nSPS) is 11.6. The number of benzene rings is 1. The lowest BCUT2D eigenvalue weighted by Crippen LogP contribution is -2.13. The van der Waals surface area contributed by atoms with Crippen LogP contribution in [-0.2, 0) is 16.6 Å². The highest BCUT2D eigenvalue weighted by atomic mass is 35.5. The van der Waals surface area contributed by atoms with Crippen LogP contribution in [-0.4, -0.2) is 15.5 Å². The summed E-state index contributed by atoms with van der Waals surface area (Å²) in [6.07, 6.45) is 0. The molecule has 0 aliphatic rings. The Balaban J connectivity index is 2.34. The van der Waals surface area contributed by atoms with Crippen LogP contribution in [0.1, 0.15) is 9.75 Å². The van der Waals surface area contributed by atoms with Crippen molar-refractivity contribution < 1.29 is 8.42 Å². The second-order valence-electron chi connectivity index (χ2n) is 4.39. The van der Waals surface area contributed by atoms with Crippen LogP contribution in [0.4, 0.5) is 5.69 Å². The summed E-state index contributed by atoms with van der Waals surface area (Å²) in [4.78, 5) is 1.96. The van der Waals surface area contributed by atoms with Gasteiger partial charge in [0.2, 0.25) is 0 Å². The lowest BCUT2D eigenvalue weighted by molar-refractivity contribution is 0.601. The minimum atomic E-state index is -3.67. The molecule has 4 nitrogen and oxygen atoms in total. The quantitative estimate of drug-likeness (QED) is 0.845. The molecule has 0 bridgehead atoms. The fraction of sp³-hybridized carbons (Fsp3) is 0.231. The first-order valence-electron chi connectivity index (χ1n) is 6.05. The van der Waals surface area contributed by atoms with E-state index in [1.165, 1.54) is 17.4 Å². The van der Waals surface area contributed by atoms with Gasteiger partial charge in [0.05, 0.1) is 10.7 Å². The third-order valence-corrected chi connectivity index (χ3v) is 5.96. The Hall–Kier alpha value is -0.790. The molecule has 1 aromatic carbocycles. The summed E-state index contributed by atoms with van der Waals surface area (Å²) in [5.41, 5.74) is 0.307. The third kappa shape index (κ3) is 3.90. The third-order valence-electron chi connectivity index (χ3n) is 2.74. The number of thiophene rings is 1. The highest BCUT2D eigenvalue weighted by molar-refractivity contribution is 7.93. The average Bonchev–Trinajstić information content (AvgIpc) is 2.75. The van der Waals surface area contributed by atoms with E-state index in [4.69, 9.17) is 23.2 Å². The van der Waals surface area contributed by atoms with Crippen molar-refractivity contribution in [3.05, 3.63) is 44.1 Å². The lowest BCUT2D eigenvalue weighted by Gasteiger charge is -2.09. The molecule has 0 unspecified atom stereocenters. The van der Waals surface area contributed by atoms with Gasteiger partial charge in [0.1, 0.15) is 4.90 Å². The predicted octanol–water partition coefficient (Wildman–Crippen LogP) is 3.88. The topological polar surface area (TPSA) is 58.2 Å². The van der Waals surface area contributed by atoms with E-state index in [1.54, 1.807) is 25.1 Å². The van der Waals surface area contributed by atoms with E-state index in [-0.39, 0.29) is 9.92 Å². The lowest BCUT2D eigenvalue weighted by atomic mass is 10.3. The van der Waals surface area contributed by atoms with Crippen LogP contribution in [0.25, 0.3) is 0 Å². The molecule has 2 N–H and O–H groups in total. The molecule has 0 spiro atoms. The summed E-state index contributed by atoms with van der Waals surface area (Å²) in [5.74, 6) is 0. The minimum Gasteiger partial charge on any atom is -0.315 e. The van der Waals surface area contributed by atoms with Gasteiger partial charge in [-0.2, -0.15) is 0 Å². The zero-order chi connectivity index (χ0) is 15.6. The molecule has 0 aliphatic carbocycles. The van der Waals surface area contributed by atoms with Gasteiger partial charge < -0.3 is 5.32 Å². The van der Waals surface area contributed by atoms with Crippen LogP contribution < -0.4 is 10.0 Å². The van der Waals surface area contributed by atoms with Crippen molar-refractivity contribution >= 4 is 50.2 Å². The van der Waals surface area contributed by atoms with E-state index in [0.717, 1.165) is 9.75 Å². The molecule has 8 heteroatoms. The summed E-state index contributed by atoms with van der Waals surface area (Å²) in [6, 6.07) is 6.28. The molecule has 2 rings (SSSR count). The van der Waals surface area contributed by atoms with E-state index < -0.39 is 10.0 Å². The fourth-order valence-corrected chi connectivity index (χ4v) is 5.06. The van der Waals surface area contributed by atoms with Crippen molar-refractivity contribution in [2.24, 2.45) is 0 Å². The maximum absolute atomic E-state index is 12.5. The fourth-order valence-electron chi connectivity index (χ4n) is 1.82. The molecule has 114 valence electrons. The van der Waals surface area contributed by atoms with Crippen molar-refractivity contribution in [2.45, 2.75) is 18.4 Å². The highest BCUT2D eigenvalue weighted by Crippen LogP contribution is 2.30. The number of hydrogen-bond donors (Lipinski definition) is 2. The molecule has 0 saturated carbocycles. The summed E-state index contributed by atoms with van der Waals surface area (Å²) in [7, 11) is -1.86. The van der Waals surface area contributed by atoms with Crippen LogP contribution in [0, 0.1) is 6.92 Å². The maximum Gasteiger partial charge on any atom is 0.263 e. The van der Waals surface area contributed by atoms with Gasteiger partial charge in [-0.15, -0.1) is 11.3 Å². The van der Waals surface area contributed by atoms with Crippen LogP contribution >= 0.6 is 34.5 Å². The minimum absolute atomic E-state index is 0.259. The van der Waals surface area contributed by atoms with Gasteiger partial charge in [-0.3, -0.25) is 4.72 Å². The highest BCUT2D eigenvalue weighted by Gasteiger charge is 2.21. The first-order chi connectivity index (χ1) is 9.83. The smallest absolute Gasteiger partial charge is 0.263 e. The Bertz CT molecular complexity index is 758. The van der Waals surface area contributed by atoms with Crippen LogP contribution in [0.2, 0.25) is 10.0 Å². The summed E-state index contributed by atoms with van der Waals surface area (Å²) in [5, 5.41) is 3.71. The Labute approximate surface area is 138 Å². The first kappa shape index (κ1) is 16.6. The number of halogens is 2. The van der Waals surface area contributed by atoms with Crippen molar-refractivity contribution in [3.63, 3.8) is 0 Å². The monoisotopic (exact) mass is 364 g/mol. The van der Waals surface area contributed by atoms with Gasteiger partial charge in [0.25, 0.3) is 10.0 Å². The molecule has 21 heavy (non-hydrogen) atoms. The van der Waals surface area contributed by atoms with E-state index in [0.29, 0.717) is 17.3 Å². The number of nitrogens with one attached hydrogen (secondary N) is 2. The molecule has 0 atom stereocenters. The van der Waals surface area contributed by atoms with Crippen LogP contribution in [0.3, 0.4) is 0 Å². The SMILES string of the molecule is CNCc1cc(S(=O)(=O)Nc2ccc(Cl)cc2Cl)c(C)s1. The molecule has 1 aromatic heterocycles. The summed E-state index contributed by atoms with van der Waals surface area (Å²) >= 11 is 13.2. The Morgan fingerprint density at radius 1 is 1.24 bits per heavy atom. The molecule has 2 aromatic rings. The first-order valence-corrected chi connectivity index (χ1v) is 9.11. The Morgan fingerprint density at radius 3 is 2.57 bits per heavy atom. The van der Waals surface area contributed by atoms with Gasteiger partial charge in [0.15, 0.2) is 0 Å². The Morgan fingerprint density at radius 2 is 1.95 bits per heavy atom. The Kier molecular flexibility index (Phi) is 5.16. The maximum atomic E-state index is 12.5. The average molecular weight is 365 g/mol. The molecule has 0 amide bonds. The number of hydrogen-bond acceptors (Lipinski definition) is 4. The van der Waals surface area contributed by atoms with Crippen molar-refractivity contribution in [1.82, 2.24) is 5.32 Å². The molecular formula is C13H14Cl2N2O2S2. The van der Waals surface area contributed by atoms with Gasteiger partial charge in [-0.1, -0.05) is 23.2 Å². The van der Waals surface area contributed by atoms with E-state index >= 15 is 0 Å². The van der Waals surface area contributed by atoms with Gasteiger partial charge in [-0.05, 0) is 38.2 Å². The van der Waals surface area contributed by atoms with Gasteiger partial charge in [-0.25, -0.2) is 8.42 Å². The van der Waals surface area contributed by atoms with Crippen molar-refractivity contribution in [3.8, 4) is 0 Å². The largest absolute Gasteiger partial charge is 0.315 e. The number of rotatable bonds is 5. The van der Waals surface area contributed by atoms with E-state index in [1.807, 2.05) is 7.05 Å². The standard InChI is InChI=1S/C13H14Cl2N2O2S2/c1-8-13(6-10(20-8)7-16-2)21(18,19)17-12-4-3-9(14)5-11(12)15/h3-6,16-17H,7H2,1-2H3. The van der Waals surface area contributed by atoms with E-state index in [9.17, 15) is 8.42 Å². The number of sulfonamides is 1. The predicted molar refractivity (Wildman–Crippen MR) is 89.1 cm³/mol. The molecule has 1 heterocycles. The molecule has 0 aliphatic heterocycles. The second kappa shape index (κ2) is 6.54. The number of anilines is 1. The molecule has 0 saturated heterocycles. The van der Waals surface area contributed by atoms with Crippen LogP contribution in [0.5, 0.6) is 0 Å². The molecule has 0 radical (unpaired) electrons. The molecular weight excluding hydrogens is 351 g/mol. The number of aryl methyl sites for hydroxylation is 1. The van der Waals surface area contributed by atoms with Gasteiger partial charge >= 0.3 is 0 Å².